The normalized spacial score (nSPS) is 18.7. The van der Waals surface area contributed by atoms with Crippen molar-refractivity contribution >= 4 is 11.6 Å². The lowest BCUT2D eigenvalue weighted by Crippen LogP contribution is -2.56. The molecule has 1 amide bonds. The highest BCUT2D eigenvalue weighted by atomic mass is 16.5. The van der Waals surface area contributed by atoms with E-state index in [2.05, 4.69) is 9.88 Å². The van der Waals surface area contributed by atoms with Crippen molar-refractivity contribution in [2.24, 2.45) is 0 Å². The molecule has 3 rings (SSSR count). The van der Waals surface area contributed by atoms with Crippen LogP contribution in [0.2, 0.25) is 0 Å². The number of rotatable bonds is 5. The lowest BCUT2D eigenvalue weighted by atomic mass is 10.1. The van der Waals surface area contributed by atoms with Gasteiger partial charge in [-0.2, -0.15) is 0 Å². The van der Waals surface area contributed by atoms with Crippen molar-refractivity contribution in [3.63, 3.8) is 0 Å². The fraction of sp³-hybridized carbons (Fsp3) is 0.368. The lowest BCUT2D eigenvalue weighted by molar-refractivity contribution is -0.125. The van der Waals surface area contributed by atoms with Crippen LogP contribution >= 0.6 is 0 Å². The van der Waals surface area contributed by atoms with Gasteiger partial charge in [-0.25, -0.2) is 0 Å². The molecule has 1 aliphatic rings. The third kappa shape index (κ3) is 3.57. The standard InChI is InChI=1S/C19H23N3O2/c1-15-19(23)22(17-6-8-18(24-2)9-7-17)14-13-21(15)12-10-16-5-3-4-11-20-16/h3-9,11,15H,10,12-14H2,1-2H3/t15-/m0/s1. The number of nitrogens with zero attached hydrogens (tertiary/aromatic N) is 3. The smallest absolute Gasteiger partial charge is 0.244 e. The van der Waals surface area contributed by atoms with E-state index in [1.807, 2.05) is 60.5 Å². The zero-order chi connectivity index (χ0) is 16.9. The summed E-state index contributed by atoms with van der Waals surface area (Å²) in [5.74, 6) is 0.945. The van der Waals surface area contributed by atoms with Crippen LogP contribution in [0, 0.1) is 0 Å². The maximum absolute atomic E-state index is 12.7. The van der Waals surface area contributed by atoms with Gasteiger partial charge in [-0.15, -0.1) is 0 Å². The van der Waals surface area contributed by atoms with Crippen molar-refractivity contribution in [2.75, 3.05) is 31.6 Å². The Labute approximate surface area is 142 Å². The number of amides is 1. The summed E-state index contributed by atoms with van der Waals surface area (Å²) >= 11 is 0. The number of piperazine rings is 1. The minimum absolute atomic E-state index is 0.121. The molecule has 1 aromatic carbocycles. The second kappa shape index (κ2) is 7.45. The molecule has 1 fully saturated rings. The minimum atomic E-state index is -0.121. The van der Waals surface area contributed by atoms with Gasteiger partial charge >= 0.3 is 0 Å². The topological polar surface area (TPSA) is 45.7 Å². The lowest BCUT2D eigenvalue weighted by Gasteiger charge is -2.39. The largest absolute Gasteiger partial charge is 0.497 e. The first-order valence-corrected chi connectivity index (χ1v) is 8.28. The summed E-state index contributed by atoms with van der Waals surface area (Å²) < 4.78 is 5.18. The Bertz CT molecular complexity index is 673. The first-order valence-electron chi connectivity index (χ1n) is 8.28. The van der Waals surface area contributed by atoms with Crippen LogP contribution in [0.4, 0.5) is 5.69 Å². The highest BCUT2D eigenvalue weighted by Gasteiger charge is 2.31. The van der Waals surface area contributed by atoms with E-state index in [4.69, 9.17) is 4.74 Å². The number of carbonyl (C=O) groups excluding carboxylic acids is 1. The van der Waals surface area contributed by atoms with Gasteiger partial charge in [0.15, 0.2) is 0 Å². The number of pyridine rings is 1. The van der Waals surface area contributed by atoms with Crippen molar-refractivity contribution in [2.45, 2.75) is 19.4 Å². The van der Waals surface area contributed by atoms with Crippen molar-refractivity contribution in [1.82, 2.24) is 9.88 Å². The number of ether oxygens (including phenoxy) is 1. The molecule has 0 saturated carbocycles. The van der Waals surface area contributed by atoms with Gasteiger partial charge in [0.1, 0.15) is 5.75 Å². The Balaban J connectivity index is 1.62. The van der Waals surface area contributed by atoms with Crippen LogP contribution in [0.15, 0.2) is 48.7 Å². The summed E-state index contributed by atoms with van der Waals surface area (Å²) in [6, 6.07) is 13.5. The molecule has 0 bridgehead atoms. The Kier molecular flexibility index (Phi) is 5.11. The second-order valence-corrected chi connectivity index (χ2v) is 5.97. The molecule has 0 radical (unpaired) electrons. The maximum atomic E-state index is 12.7. The molecule has 1 saturated heterocycles. The number of methoxy groups -OCH3 is 1. The fourth-order valence-electron chi connectivity index (χ4n) is 3.04. The van der Waals surface area contributed by atoms with E-state index >= 15 is 0 Å². The number of carbonyl (C=O) groups is 1. The van der Waals surface area contributed by atoms with Crippen LogP contribution in [0.5, 0.6) is 5.75 Å². The van der Waals surface area contributed by atoms with Crippen molar-refractivity contribution < 1.29 is 9.53 Å². The Hall–Kier alpha value is -2.40. The molecule has 0 spiro atoms. The van der Waals surface area contributed by atoms with Gasteiger partial charge in [-0.1, -0.05) is 6.07 Å². The Morgan fingerprint density at radius 1 is 1.17 bits per heavy atom. The van der Waals surface area contributed by atoms with Crippen molar-refractivity contribution in [1.29, 1.82) is 0 Å². The maximum Gasteiger partial charge on any atom is 0.244 e. The molecular formula is C19H23N3O2. The molecule has 1 atom stereocenters. The molecule has 0 unspecified atom stereocenters. The van der Waals surface area contributed by atoms with Crippen LogP contribution in [0.3, 0.4) is 0 Å². The summed E-state index contributed by atoms with van der Waals surface area (Å²) in [6.45, 7) is 4.40. The number of aromatic nitrogens is 1. The van der Waals surface area contributed by atoms with E-state index in [-0.39, 0.29) is 11.9 Å². The van der Waals surface area contributed by atoms with E-state index < -0.39 is 0 Å². The number of anilines is 1. The van der Waals surface area contributed by atoms with Gasteiger partial charge in [0.25, 0.3) is 0 Å². The Morgan fingerprint density at radius 2 is 1.96 bits per heavy atom. The van der Waals surface area contributed by atoms with E-state index in [9.17, 15) is 4.79 Å². The van der Waals surface area contributed by atoms with E-state index in [0.717, 1.165) is 36.6 Å². The molecule has 0 aliphatic carbocycles. The van der Waals surface area contributed by atoms with E-state index in [0.29, 0.717) is 6.54 Å². The first-order chi connectivity index (χ1) is 11.7. The average Bonchev–Trinajstić information content (AvgIpc) is 2.64. The van der Waals surface area contributed by atoms with Crippen molar-refractivity contribution in [3.05, 3.63) is 54.4 Å². The third-order valence-electron chi connectivity index (χ3n) is 4.55. The highest BCUT2D eigenvalue weighted by Crippen LogP contribution is 2.23. The summed E-state index contributed by atoms with van der Waals surface area (Å²) in [5.41, 5.74) is 1.99. The molecule has 5 nitrogen and oxygen atoms in total. The molecule has 24 heavy (non-hydrogen) atoms. The summed E-state index contributed by atoms with van der Waals surface area (Å²) in [7, 11) is 1.64. The zero-order valence-electron chi connectivity index (χ0n) is 14.2. The fourth-order valence-corrected chi connectivity index (χ4v) is 3.04. The Morgan fingerprint density at radius 3 is 2.62 bits per heavy atom. The van der Waals surface area contributed by atoms with Crippen LogP contribution in [-0.4, -0.2) is 48.6 Å². The third-order valence-corrected chi connectivity index (χ3v) is 4.55. The van der Waals surface area contributed by atoms with Crippen LogP contribution in [-0.2, 0) is 11.2 Å². The predicted molar refractivity (Wildman–Crippen MR) is 94.3 cm³/mol. The number of benzene rings is 1. The molecule has 5 heteroatoms. The highest BCUT2D eigenvalue weighted by molar-refractivity contribution is 5.97. The predicted octanol–water partition coefficient (Wildman–Crippen LogP) is 2.37. The van der Waals surface area contributed by atoms with Gasteiger partial charge in [-0.05, 0) is 43.3 Å². The average molecular weight is 325 g/mol. The molecule has 2 heterocycles. The molecule has 2 aromatic rings. The zero-order valence-corrected chi connectivity index (χ0v) is 14.2. The van der Waals surface area contributed by atoms with Gasteiger partial charge in [0, 0.05) is 43.6 Å². The molecule has 126 valence electrons. The van der Waals surface area contributed by atoms with Crippen molar-refractivity contribution in [3.8, 4) is 5.75 Å². The van der Waals surface area contributed by atoms with E-state index in [1.54, 1.807) is 7.11 Å². The monoisotopic (exact) mass is 325 g/mol. The van der Waals surface area contributed by atoms with E-state index in [1.165, 1.54) is 0 Å². The molecular weight excluding hydrogens is 302 g/mol. The van der Waals surface area contributed by atoms with Crippen LogP contribution < -0.4 is 9.64 Å². The van der Waals surface area contributed by atoms with Crippen LogP contribution in [0.25, 0.3) is 0 Å². The van der Waals surface area contributed by atoms with Gasteiger partial charge < -0.3 is 9.64 Å². The SMILES string of the molecule is COc1ccc(N2CCN(CCc3ccccn3)[C@@H](C)C2=O)cc1. The van der Waals surface area contributed by atoms with Gasteiger partial charge in [-0.3, -0.25) is 14.7 Å². The first kappa shape index (κ1) is 16.5. The molecule has 0 N–H and O–H groups in total. The number of hydrogen-bond acceptors (Lipinski definition) is 4. The van der Waals surface area contributed by atoms with Crippen LogP contribution in [0.1, 0.15) is 12.6 Å². The quantitative estimate of drug-likeness (QED) is 0.847. The van der Waals surface area contributed by atoms with Gasteiger partial charge in [0.05, 0.1) is 13.2 Å². The van der Waals surface area contributed by atoms with Gasteiger partial charge in [0.2, 0.25) is 5.91 Å². The second-order valence-electron chi connectivity index (χ2n) is 5.97. The number of hydrogen-bond donors (Lipinski definition) is 0. The minimum Gasteiger partial charge on any atom is -0.497 e. The summed E-state index contributed by atoms with van der Waals surface area (Å²) in [6.07, 6.45) is 2.67. The summed E-state index contributed by atoms with van der Waals surface area (Å²) in [5, 5.41) is 0. The summed E-state index contributed by atoms with van der Waals surface area (Å²) in [4.78, 5) is 21.2. The molecule has 1 aromatic heterocycles. The molecule has 1 aliphatic heterocycles.